The maximum absolute atomic E-state index is 11.3. The minimum absolute atomic E-state index is 0.0679. The van der Waals surface area contributed by atoms with Crippen molar-refractivity contribution < 1.29 is 37.7 Å². The molecule has 0 fully saturated rings. The van der Waals surface area contributed by atoms with Gasteiger partial charge in [-0.3, -0.25) is 4.79 Å². The Morgan fingerprint density at radius 2 is 1.56 bits per heavy atom. The Labute approximate surface area is 214 Å². The van der Waals surface area contributed by atoms with Gasteiger partial charge in [0.25, 0.3) is 0 Å². The summed E-state index contributed by atoms with van der Waals surface area (Å²) in [6.07, 6.45) is 2.39. The predicted octanol–water partition coefficient (Wildman–Crippen LogP) is 4.28. The van der Waals surface area contributed by atoms with Crippen LogP contribution in [0.3, 0.4) is 0 Å². The molecule has 0 saturated carbocycles. The highest BCUT2D eigenvalue weighted by atomic mass is 16.5. The standard InChI is InChI=1S/C28H40NO7/c1-18-14-20(16-23(31-4)26(18)33-6)15-22-25-21(17-24(32-5)27(34-7)28(25)35-8)10-12-29(22,3)11-9-13-36-19(2)30/h14,16-17,22H,9-13,15H2,1-8H3/q+1. The fourth-order valence-corrected chi connectivity index (χ4v) is 5.44. The number of nitrogens with zero attached hydrogens (tertiary/aromatic N) is 1. The fourth-order valence-electron chi connectivity index (χ4n) is 5.44. The summed E-state index contributed by atoms with van der Waals surface area (Å²) in [6, 6.07) is 6.35. The van der Waals surface area contributed by atoms with Crippen LogP contribution >= 0.6 is 0 Å². The third-order valence-electron chi connectivity index (χ3n) is 7.20. The number of carbonyl (C=O) groups is 1. The summed E-state index contributed by atoms with van der Waals surface area (Å²) in [5.41, 5.74) is 4.49. The molecule has 2 aromatic carbocycles. The monoisotopic (exact) mass is 502 g/mol. The summed E-state index contributed by atoms with van der Waals surface area (Å²) in [5.74, 6) is 3.18. The van der Waals surface area contributed by atoms with E-state index in [9.17, 15) is 4.79 Å². The number of rotatable bonds is 11. The first-order chi connectivity index (χ1) is 17.2. The highest BCUT2D eigenvalue weighted by molar-refractivity contribution is 5.65. The molecular formula is C28H40NO7+. The van der Waals surface area contributed by atoms with Crippen LogP contribution in [0.1, 0.15) is 41.6 Å². The van der Waals surface area contributed by atoms with E-state index in [0.717, 1.165) is 59.3 Å². The Balaban J connectivity index is 2.12. The van der Waals surface area contributed by atoms with E-state index < -0.39 is 0 Å². The van der Waals surface area contributed by atoms with Gasteiger partial charge in [-0.15, -0.1) is 0 Å². The lowest BCUT2D eigenvalue weighted by Gasteiger charge is -2.46. The van der Waals surface area contributed by atoms with Gasteiger partial charge in [-0.05, 0) is 35.7 Å². The molecule has 1 aliphatic heterocycles. The van der Waals surface area contributed by atoms with E-state index >= 15 is 0 Å². The van der Waals surface area contributed by atoms with E-state index in [1.165, 1.54) is 12.5 Å². The number of hydrogen-bond donors (Lipinski definition) is 0. The van der Waals surface area contributed by atoms with E-state index in [1.807, 2.05) is 6.92 Å². The van der Waals surface area contributed by atoms with Gasteiger partial charge in [0, 0.05) is 26.2 Å². The molecule has 0 spiro atoms. The number of methoxy groups -OCH3 is 5. The van der Waals surface area contributed by atoms with Gasteiger partial charge in [0.1, 0.15) is 6.04 Å². The lowest BCUT2D eigenvalue weighted by molar-refractivity contribution is -0.941. The summed E-state index contributed by atoms with van der Waals surface area (Å²) in [7, 11) is 10.5. The number of carbonyl (C=O) groups excluding carboxylic acids is 1. The molecule has 0 bridgehead atoms. The zero-order valence-electron chi connectivity index (χ0n) is 22.9. The number of esters is 1. The molecule has 8 nitrogen and oxygen atoms in total. The van der Waals surface area contributed by atoms with Crippen LogP contribution in [0.5, 0.6) is 28.7 Å². The van der Waals surface area contributed by atoms with Gasteiger partial charge in [0.15, 0.2) is 23.0 Å². The molecule has 3 rings (SSSR count). The Morgan fingerprint density at radius 1 is 0.917 bits per heavy atom. The van der Waals surface area contributed by atoms with Crippen LogP contribution in [-0.2, 0) is 22.4 Å². The number of hydrogen-bond acceptors (Lipinski definition) is 7. The second-order valence-corrected chi connectivity index (χ2v) is 9.46. The quantitative estimate of drug-likeness (QED) is 0.258. The number of ether oxygens (including phenoxy) is 6. The summed E-state index contributed by atoms with van der Waals surface area (Å²) in [6.45, 7) is 5.66. The van der Waals surface area contributed by atoms with E-state index in [-0.39, 0.29) is 12.0 Å². The molecule has 0 aromatic heterocycles. The SMILES string of the molecule is COc1cc(CC2c3c(cc(OC)c(OC)c3OC)CC[N+]2(C)CCCOC(C)=O)cc(C)c1OC. The van der Waals surface area contributed by atoms with Crippen molar-refractivity contribution in [3.05, 3.63) is 40.5 Å². The molecule has 0 radical (unpaired) electrons. The number of quaternary nitrogens is 1. The molecule has 1 aliphatic rings. The summed E-state index contributed by atoms with van der Waals surface area (Å²) >= 11 is 0. The second-order valence-electron chi connectivity index (χ2n) is 9.46. The first-order valence-electron chi connectivity index (χ1n) is 12.2. The van der Waals surface area contributed by atoms with Crippen molar-refractivity contribution in [1.82, 2.24) is 0 Å². The minimum atomic E-state index is -0.252. The van der Waals surface area contributed by atoms with Gasteiger partial charge in [0.2, 0.25) is 5.75 Å². The smallest absolute Gasteiger partial charge is 0.302 e. The molecule has 198 valence electrons. The van der Waals surface area contributed by atoms with Gasteiger partial charge in [-0.2, -0.15) is 0 Å². The third-order valence-corrected chi connectivity index (χ3v) is 7.20. The topological polar surface area (TPSA) is 72.5 Å². The lowest BCUT2D eigenvalue weighted by atomic mass is 9.85. The first kappa shape index (κ1) is 27.5. The van der Waals surface area contributed by atoms with Gasteiger partial charge in [-0.1, -0.05) is 6.07 Å². The van der Waals surface area contributed by atoms with Crippen LogP contribution in [0.25, 0.3) is 0 Å². The van der Waals surface area contributed by atoms with Gasteiger partial charge in [0.05, 0.1) is 67.9 Å². The Morgan fingerprint density at radius 3 is 2.14 bits per heavy atom. The molecule has 0 N–H and O–H groups in total. The Kier molecular flexibility index (Phi) is 8.95. The van der Waals surface area contributed by atoms with Gasteiger partial charge < -0.3 is 32.9 Å². The van der Waals surface area contributed by atoms with Crippen LogP contribution in [0.4, 0.5) is 0 Å². The number of fused-ring (bicyclic) bond motifs is 1. The van der Waals surface area contributed by atoms with Crippen LogP contribution in [0, 0.1) is 6.92 Å². The van der Waals surface area contributed by atoms with Crippen molar-refractivity contribution in [2.75, 3.05) is 62.3 Å². The minimum Gasteiger partial charge on any atom is -0.493 e. The molecule has 0 saturated heterocycles. The molecule has 0 amide bonds. The summed E-state index contributed by atoms with van der Waals surface area (Å²) in [5, 5.41) is 0. The zero-order valence-corrected chi connectivity index (χ0v) is 22.9. The maximum Gasteiger partial charge on any atom is 0.302 e. The molecule has 8 heteroatoms. The highest BCUT2D eigenvalue weighted by Crippen LogP contribution is 2.50. The van der Waals surface area contributed by atoms with Crippen LogP contribution in [0.2, 0.25) is 0 Å². The van der Waals surface area contributed by atoms with Crippen molar-refractivity contribution in [2.24, 2.45) is 0 Å². The van der Waals surface area contributed by atoms with Crippen LogP contribution < -0.4 is 23.7 Å². The van der Waals surface area contributed by atoms with Gasteiger partial charge >= 0.3 is 5.97 Å². The molecule has 2 atom stereocenters. The Bertz CT molecular complexity index is 1080. The summed E-state index contributed by atoms with van der Waals surface area (Å²) < 4.78 is 34.6. The van der Waals surface area contributed by atoms with Crippen LogP contribution in [0.15, 0.2) is 18.2 Å². The van der Waals surface area contributed by atoms with Crippen LogP contribution in [-0.4, -0.2) is 72.7 Å². The predicted molar refractivity (Wildman–Crippen MR) is 138 cm³/mol. The average molecular weight is 503 g/mol. The molecule has 1 heterocycles. The molecule has 2 aromatic rings. The normalized spacial score (nSPS) is 18.7. The van der Waals surface area contributed by atoms with Gasteiger partial charge in [-0.25, -0.2) is 0 Å². The molecule has 36 heavy (non-hydrogen) atoms. The average Bonchev–Trinajstić information content (AvgIpc) is 2.86. The lowest BCUT2D eigenvalue weighted by Crippen LogP contribution is -2.52. The fraction of sp³-hybridized carbons (Fsp3) is 0.536. The highest BCUT2D eigenvalue weighted by Gasteiger charge is 2.42. The number of likely N-dealkylation sites (N-methyl/N-ethyl adjacent to an activating group) is 1. The molecular weight excluding hydrogens is 462 g/mol. The van der Waals surface area contributed by atoms with Crippen molar-refractivity contribution >= 4 is 5.97 Å². The van der Waals surface area contributed by atoms with Crippen molar-refractivity contribution in [3.63, 3.8) is 0 Å². The maximum atomic E-state index is 11.3. The Hall–Kier alpha value is -3.13. The van der Waals surface area contributed by atoms with E-state index in [2.05, 4.69) is 25.2 Å². The van der Waals surface area contributed by atoms with E-state index in [4.69, 9.17) is 28.4 Å². The van der Waals surface area contributed by atoms with Crippen molar-refractivity contribution in [1.29, 1.82) is 0 Å². The zero-order chi connectivity index (χ0) is 26.5. The summed E-state index contributed by atoms with van der Waals surface area (Å²) in [4.78, 5) is 11.3. The number of aryl methyl sites for hydroxylation is 1. The largest absolute Gasteiger partial charge is 0.493 e. The second kappa shape index (κ2) is 11.7. The van der Waals surface area contributed by atoms with E-state index in [0.29, 0.717) is 29.6 Å². The molecule has 0 aliphatic carbocycles. The first-order valence-corrected chi connectivity index (χ1v) is 12.2. The van der Waals surface area contributed by atoms with Crippen molar-refractivity contribution in [3.8, 4) is 28.7 Å². The van der Waals surface area contributed by atoms with Crippen molar-refractivity contribution in [2.45, 2.75) is 39.2 Å². The third kappa shape index (κ3) is 5.48. The van der Waals surface area contributed by atoms with E-state index in [1.54, 1.807) is 35.5 Å². The number of benzene rings is 2. The molecule has 2 unspecified atom stereocenters.